The Balaban J connectivity index is 1.23. The summed E-state index contributed by atoms with van der Waals surface area (Å²) in [6.07, 6.45) is 7.15. The van der Waals surface area contributed by atoms with Gasteiger partial charge >= 0.3 is 5.97 Å². The first-order valence-corrected chi connectivity index (χ1v) is 14.8. The largest absolute Gasteiger partial charge is 0.481 e. The van der Waals surface area contributed by atoms with E-state index in [0.717, 1.165) is 38.0 Å². The molecule has 3 aliphatic heterocycles. The van der Waals surface area contributed by atoms with Gasteiger partial charge in [0, 0.05) is 56.4 Å². The number of carbonyl (C=O) groups excluding carboxylic acids is 1. The number of hydrogen-bond acceptors (Lipinski definition) is 5. The number of imidazole rings is 1. The summed E-state index contributed by atoms with van der Waals surface area (Å²) < 4.78 is 17.4. The molecule has 0 radical (unpaired) electrons. The number of pyridine rings is 1. The van der Waals surface area contributed by atoms with Crippen molar-refractivity contribution >= 4 is 28.9 Å². The average molecular weight is 568 g/mol. The highest BCUT2D eigenvalue weighted by molar-refractivity contribution is 5.96. The molecule has 0 saturated carbocycles. The molecular formula is C33H34FN5O3. The van der Waals surface area contributed by atoms with Gasteiger partial charge in [-0.25, -0.2) is 9.37 Å². The maximum Gasteiger partial charge on any atom is 0.308 e. The fourth-order valence-electron chi connectivity index (χ4n) is 6.84. The van der Waals surface area contributed by atoms with Gasteiger partial charge in [-0.05, 0) is 68.0 Å². The number of aliphatic carboxylic acids is 1. The van der Waals surface area contributed by atoms with Crippen molar-refractivity contribution in [1.82, 2.24) is 14.3 Å². The van der Waals surface area contributed by atoms with Crippen molar-refractivity contribution in [2.75, 3.05) is 42.5 Å². The van der Waals surface area contributed by atoms with Gasteiger partial charge in [0.25, 0.3) is 5.91 Å². The number of fused-ring (bicyclic) bond motifs is 2. The first kappa shape index (κ1) is 26.5. The second-order valence-corrected chi connectivity index (χ2v) is 11.7. The topological polar surface area (TPSA) is 81.4 Å². The van der Waals surface area contributed by atoms with Crippen molar-refractivity contribution < 1.29 is 19.1 Å². The van der Waals surface area contributed by atoms with E-state index in [4.69, 9.17) is 4.98 Å². The molecular weight excluding hydrogens is 533 g/mol. The van der Waals surface area contributed by atoms with Gasteiger partial charge in [0.1, 0.15) is 5.82 Å². The number of hydrogen-bond donors (Lipinski definition) is 1. The molecule has 1 amide bonds. The van der Waals surface area contributed by atoms with Crippen molar-refractivity contribution in [1.29, 1.82) is 0 Å². The first-order valence-electron chi connectivity index (χ1n) is 14.8. The number of carboxylic acids is 1. The van der Waals surface area contributed by atoms with Gasteiger partial charge in [0.15, 0.2) is 5.65 Å². The number of carboxylic acid groups (broad SMARTS) is 1. The van der Waals surface area contributed by atoms with Crippen molar-refractivity contribution in [3.05, 3.63) is 83.4 Å². The standard InChI is InChI=1S/C33H34FN5O3/c1-21-26-7-3-2-6-22(26)11-15-39(21)32(40)24-16-30(36-12-4-5-13-36)31-35-29(20-38(31)19-24)27-9-8-25(17-28(27)34)37-14-10-23(18-37)33(41)42/h2-3,6-9,16-17,19-21,23H,4-5,10-15,18H2,1H3,(H,41,42)/t21-,23?/m1/s1. The van der Waals surface area contributed by atoms with Crippen LogP contribution >= 0.6 is 0 Å². The third-order valence-electron chi connectivity index (χ3n) is 9.21. The SMILES string of the molecule is C[C@@H]1c2ccccc2CCN1C(=O)c1cc(N2CCCC2)c2nc(-c3ccc(N4CCC(C(=O)O)C4)cc3F)cn2c1. The van der Waals surface area contributed by atoms with E-state index in [1.54, 1.807) is 12.3 Å². The van der Waals surface area contributed by atoms with E-state index in [2.05, 4.69) is 24.0 Å². The number of rotatable bonds is 5. The molecule has 8 nitrogen and oxygen atoms in total. The number of carbonyl (C=O) groups is 2. The van der Waals surface area contributed by atoms with Crippen LogP contribution in [0.5, 0.6) is 0 Å². The average Bonchev–Trinajstić information content (AvgIpc) is 3.78. The Morgan fingerprint density at radius 1 is 0.976 bits per heavy atom. The van der Waals surface area contributed by atoms with Crippen LogP contribution in [-0.2, 0) is 11.2 Å². The van der Waals surface area contributed by atoms with Crippen LogP contribution in [0.25, 0.3) is 16.9 Å². The minimum absolute atomic E-state index is 0.0181. The van der Waals surface area contributed by atoms with Gasteiger partial charge in [-0.3, -0.25) is 9.59 Å². The number of aromatic nitrogens is 2. The third-order valence-corrected chi connectivity index (χ3v) is 9.21. The fourth-order valence-corrected chi connectivity index (χ4v) is 6.84. The van der Waals surface area contributed by atoms with E-state index in [-0.39, 0.29) is 11.9 Å². The molecule has 2 fully saturated rings. The highest BCUT2D eigenvalue weighted by Gasteiger charge is 2.31. The van der Waals surface area contributed by atoms with Crippen LogP contribution < -0.4 is 9.80 Å². The van der Waals surface area contributed by atoms with Gasteiger partial charge in [0.05, 0.1) is 28.9 Å². The van der Waals surface area contributed by atoms with Crippen LogP contribution in [0.1, 0.15) is 53.7 Å². The van der Waals surface area contributed by atoms with Gasteiger partial charge < -0.3 is 24.2 Å². The summed E-state index contributed by atoms with van der Waals surface area (Å²) in [5.41, 5.74) is 6.21. The predicted molar refractivity (Wildman–Crippen MR) is 160 cm³/mol. The smallest absolute Gasteiger partial charge is 0.308 e. The van der Waals surface area contributed by atoms with E-state index >= 15 is 4.39 Å². The molecule has 1 N–H and O–H groups in total. The molecule has 7 rings (SSSR count). The fraction of sp³-hybridized carbons (Fsp3) is 0.364. The quantitative estimate of drug-likeness (QED) is 0.347. The summed E-state index contributed by atoms with van der Waals surface area (Å²) >= 11 is 0. The Kier molecular flexibility index (Phi) is 6.60. The lowest BCUT2D eigenvalue weighted by Gasteiger charge is -2.35. The summed E-state index contributed by atoms with van der Waals surface area (Å²) in [7, 11) is 0. The van der Waals surface area contributed by atoms with Crippen molar-refractivity contribution in [3.8, 4) is 11.3 Å². The second kappa shape index (κ2) is 10.5. The van der Waals surface area contributed by atoms with Crippen molar-refractivity contribution in [2.24, 2.45) is 5.92 Å². The molecule has 3 aliphatic rings. The molecule has 2 saturated heterocycles. The number of halogens is 1. The number of nitrogens with zero attached hydrogens (tertiary/aromatic N) is 5. The maximum atomic E-state index is 15.5. The lowest BCUT2D eigenvalue weighted by Crippen LogP contribution is -2.39. The van der Waals surface area contributed by atoms with Gasteiger partial charge in [-0.15, -0.1) is 0 Å². The minimum Gasteiger partial charge on any atom is -0.481 e. The third kappa shape index (κ3) is 4.57. The molecule has 2 aromatic carbocycles. The summed E-state index contributed by atoms with van der Waals surface area (Å²) in [6.45, 7) is 5.48. The van der Waals surface area contributed by atoms with Crippen molar-refractivity contribution in [3.63, 3.8) is 0 Å². The Morgan fingerprint density at radius 2 is 1.79 bits per heavy atom. The molecule has 2 atom stereocenters. The van der Waals surface area contributed by atoms with Crippen LogP contribution in [0.15, 0.2) is 60.9 Å². The minimum atomic E-state index is -0.814. The molecule has 0 aliphatic carbocycles. The van der Waals surface area contributed by atoms with E-state index < -0.39 is 17.7 Å². The molecule has 0 bridgehead atoms. The Hall–Kier alpha value is -4.40. The van der Waals surface area contributed by atoms with Gasteiger partial charge in [-0.1, -0.05) is 24.3 Å². The highest BCUT2D eigenvalue weighted by atomic mass is 19.1. The summed E-state index contributed by atoms with van der Waals surface area (Å²) in [4.78, 5) is 36.3. The molecule has 5 heterocycles. The van der Waals surface area contributed by atoms with Gasteiger partial charge in [-0.2, -0.15) is 0 Å². The lowest BCUT2D eigenvalue weighted by molar-refractivity contribution is -0.140. The number of benzene rings is 2. The monoisotopic (exact) mass is 567 g/mol. The summed E-state index contributed by atoms with van der Waals surface area (Å²) in [5, 5.41) is 9.34. The number of anilines is 2. The first-order chi connectivity index (χ1) is 20.4. The normalized spacial score (nSPS) is 20.4. The zero-order chi connectivity index (χ0) is 29.0. The van der Waals surface area contributed by atoms with Crippen LogP contribution in [0, 0.1) is 11.7 Å². The van der Waals surface area contributed by atoms with Crippen LogP contribution in [0.4, 0.5) is 15.8 Å². The Morgan fingerprint density at radius 3 is 2.55 bits per heavy atom. The van der Waals surface area contributed by atoms with E-state index in [1.165, 1.54) is 17.2 Å². The summed E-state index contributed by atoms with van der Waals surface area (Å²) in [6, 6.07) is 15.3. The molecule has 2 aromatic heterocycles. The zero-order valence-electron chi connectivity index (χ0n) is 23.7. The Bertz CT molecular complexity index is 1690. The Labute approximate surface area is 244 Å². The molecule has 1 unspecified atom stereocenters. The lowest BCUT2D eigenvalue weighted by atomic mass is 9.93. The molecule has 9 heteroatoms. The second-order valence-electron chi connectivity index (χ2n) is 11.7. The van der Waals surface area contributed by atoms with E-state index in [1.807, 2.05) is 44.7 Å². The maximum absolute atomic E-state index is 15.5. The van der Waals surface area contributed by atoms with Crippen LogP contribution in [0.3, 0.4) is 0 Å². The predicted octanol–water partition coefficient (Wildman–Crippen LogP) is 5.41. The highest BCUT2D eigenvalue weighted by Crippen LogP contribution is 2.35. The zero-order valence-corrected chi connectivity index (χ0v) is 23.7. The molecule has 216 valence electrons. The van der Waals surface area contributed by atoms with Crippen molar-refractivity contribution in [2.45, 2.75) is 38.6 Å². The molecule has 4 aromatic rings. The molecule has 0 spiro atoms. The van der Waals surface area contributed by atoms with Crippen LogP contribution in [-0.4, -0.2) is 64.0 Å². The van der Waals surface area contributed by atoms with Gasteiger partial charge in [0.2, 0.25) is 0 Å². The van der Waals surface area contributed by atoms with E-state index in [0.29, 0.717) is 54.2 Å². The summed E-state index contributed by atoms with van der Waals surface area (Å²) in [5.74, 6) is -1.68. The van der Waals surface area contributed by atoms with E-state index in [9.17, 15) is 14.7 Å². The van der Waals surface area contributed by atoms with Crippen LogP contribution in [0.2, 0.25) is 0 Å². The number of amides is 1. The molecule has 42 heavy (non-hydrogen) atoms.